The number of carbonyl (C=O) groups excluding carboxylic acids is 2. The highest BCUT2D eigenvalue weighted by molar-refractivity contribution is 7.93. The van der Waals surface area contributed by atoms with Gasteiger partial charge in [0.2, 0.25) is 10.0 Å². The Morgan fingerprint density at radius 2 is 1.81 bits per heavy atom. The molecule has 0 spiro atoms. The smallest absolute Gasteiger partial charge is 0.410 e. The maximum Gasteiger partial charge on any atom is 0.410 e. The molecule has 1 saturated heterocycles. The first-order chi connectivity index (χ1) is 17.3. The molecule has 202 valence electrons. The maximum atomic E-state index is 14.5. The number of likely N-dealkylation sites (tertiary alicyclic amines) is 1. The van der Waals surface area contributed by atoms with Crippen LogP contribution >= 0.6 is 0 Å². The number of carbonyl (C=O) groups is 2. The van der Waals surface area contributed by atoms with Crippen molar-refractivity contribution in [3.05, 3.63) is 65.0 Å². The third kappa shape index (κ3) is 7.67. The SMILES string of the molecule is COC(=O)c1ccc(CC(C)S(=O)(=O)Nc2cccc(C3CCN(C(=O)OC(C)(C)C)CC3)c2)c(F)c1. The molecule has 10 heteroatoms. The van der Waals surface area contributed by atoms with Crippen LogP contribution in [0.2, 0.25) is 0 Å². The van der Waals surface area contributed by atoms with Gasteiger partial charge in [0.25, 0.3) is 0 Å². The van der Waals surface area contributed by atoms with E-state index in [1.807, 2.05) is 32.9 Å². The van der Waals surface area contributed by atoms with E-state index in [-0.39, 0.29) is 29.6 Å². The number of hydrogen-bond donors (Lipinski definition) is 1. The Balaban J connectivity index is 1.63. The van der Waals surface area contributed by atoms with Crippen LogP contribution in [0.1, 0.15) is 67.9 Å². The molecule has 3 rings (SSSR count). The lowest BCUT2D eigenvalue weighted by Gasteiger charge is -2.33. The largest absolute Gasteiger partial charge is 0.465 e. The van der Waals surface area contributed by atoms with Crippen LogP contribution in [0.25, 0.3) is 0 Å². The zero-order valence-corrected chi connectivity index (χ0v) is 22.7. The van der Waals surface area contributed by atoms with Crippen molar-refractivity contribution in [3.8, 4) is 0 Å². The molecule has 8 nitrogen and oxygen atoms in total. The lowest BCUT2D eigenvalue weighted by Crippen LogP contribution is -2.41. The number of esters is 1. The minimum Gasteiger partial charge on any atom is -0.465 e. The Bertz CT molecular complexity index is 1230. The Labute approximate surface area is 218 Å². The van der Waals surface area contributed by atoms with Crippen molar-refractivity contribution in [2.45, 2.75) is 63.7 Å². The van der Waals surface area contributed by atoms with Gasteiger partial charge in [-0.05, 0) is 88.3 Å². The van der Waals surface area contributed by atoms with E-state index in [0.717, 1.165) is 24.5 Å². The number of nitrogens with zero attached hydrogens (tertiary/aromatic N) is 1. The normalized spacial score (nSPS) is 15.7. The van der Waals surface area contributed by atoms with Crippen molar-refractivity contribution >= 4 is 27.8 Å². The third-order valence-corrected chi connectivity index (χ3v) is 8.02. The van der Waals surface area contributed by atoms with E-state index >= 15 is 0 Å². The minimum absolute atomic E-state index is 0.0612. The standard InChI is InChI=1S/C27H35FN2O6S/c1-18(15-21-9-10-22(17-24(21)28)25(31)35-5)37(33,34)29-23-8-6-7-20(16-23)19-11-13-30(14-12-19)26(32)36-27(2,3)4/h6-10,16-19,29H,11-15H2,1-5H3. The lowest BCUT2D eigenvalue weighted by atomic mass is 9.89. The van der Waals surface area contributed by atoms with E-state index in [9.17, 15) is 22.4 Å². The number of benzene rings is 2. The topological polar surface area (TPSA) is 102 Å². The van der Waals surface area contributed by atoms with E-state index in [1.54, 1.807) is 17.0 Å². The summed E-state index contributed by atoms with van der Waals surface area (Å²) in [4.78, 5) is 25.6. The van der Waals surface area contributed by atoms with Crippen molar-refractivity contribution in [2.24, 2.45) is 0 Å². The molecule has 1 N–H and O–H groups in total. The van der Waals surface area contributed by atoms with E-state index in [4.69, 9.17) is 4.74 Å². The van der Waals surface area contributed by atoms with Crippen LogP contribution in [0, 0.1) is 5.82 Å². The van der Waals surface area contributed by atoms with Crippen molar-refractivity contribution in [2.75, 3.05) is 24.9 Å². The van der Waals surface area contributed by atoms with E-state index in [2.05, 4.69) is 9.46 Å². The fourth-order valence-corrected chi connectivity index (χ4v) is 5.28. The highest BCUT2D eigenvalue weighted by atomic mass is 32.2. The highest BCUT2D eigenvalue weighted by Gasteiger charge is 2.28. The molecule has 1 fully saturated rings. The summed E-state index contributed by atoms with van der Waals surface area (Å²) in [6.45, 7) is 8.14. The van der Waals surface area contributed by atoms with Crippen LogP contribution < -0.4 is 4.72 Å². The van der Waals surface area contributed by atoms with Gasteiger partial charge in [0.05, 0.1) is 17.9 Å². The van der Waals surface area contributed by atoms with Gasteiger partial charge >= 0.3 is 12.1 Å². The molecule has 1 unspecified atom stereocenters. The van der Waals surface area contributed by atoms with Gasteiger partial charge in [-0.2, -0.15) is 0 Å². The second-order valence-electron chi connectivity index (χ2n) is 10.3. The number of halogens is 1. The summed E-state index contributed by atoms with van der Waals surface area (Å²) >= 11 is 0. The molecule has 0 saturated carbocycles. The Kier molecular flexibility index (Phi) is 8.84. The number of rotatable bonds is 7. The average molecular weight is 535 g/mol. The maximum absolute atomic E-state index is 14.5. The van der Waals surface area contributed by atoms with Gasteiger partial charge in [0, 0.05) is 18.8 Å². The van der Waals surface area contributed by atoms with Crippen molar-refractivity contribution in [3.63, 3.8) is 0 Å². The van der Waals surface area contributed by atoms with Crippen molar-refractivity contribution in [1.82, 2.24) is 4.90 Å². The highest BCUT2D eigenvalue weighted by Crippen LogP contribution is 2.30. The minimum atomic E-state index is -3.82. The molecule has 2 aromatic carbocycles. The predicted octanol–water partition coefficient (Wildman–Crippen LogP) is 5.10. The van der Waals surface area contributed by atoms with E-state index in [1.165, 1.54) is 26.2 Å². The first kappa shape index (κ1) is 28.4. The van der Waals surface area contributed by atoms with E-state index in [0.29, 0.717) is 18.8 Å². The molecular formula is C27H35FN2O6S. The molecule has 0 aliphatic carbocycles. The Morgan fingerprint density at radius 1 is 1.14 bits per heavy atom. The molecule has 2 aromatic rings. The number of nitrogens with one attached hydrogen (secondary N) is 1. The number of amides is 1. The van der Waals surface area contributed by atoms with Crippen LogP contribution in [-0.4, -0.2) is 56.4 Å². The molecule has 1 aliphatic rings. The Morgan fingerprint density at radius 3 is 2.41 bits per heavy atom. The average Bonchev–Trinajstić information content (AvgIpc) is 2.83. The fourth-order valence-electron chi connectivity index (χ4n) is 4.22. The molecular weight excluding hydrogens is 499 g/mol. The molecule has 1 heterocycles. The molecule has 0 radical (unpaired) electrons. The van der Waals surface area contributed by atoms with Gasteiger partial charge in [-0.25, -0.2) is 22.4 Å². The lowest BCUT2D eigenvalue weighted by molar-refractivity contribution is 0.0204. The molecule has 37 heavy (non-hydrogen) atoms. The molecule has 0 aromatic heterocycles. The monoisotopic (exact) mass is 534 g/mol. The van der Waals surface area contributed by atoms with Gasteiger partial charge in [-0.3, -0.25) is 4.72 Å². The van der Waals surface area contributed by atoms with Gasteiger partial charge in [-0.15, -0.1) is 0 Å². The quantitative estimate of drug-likeness (QED) is 0.496. The zero-order valence-electron chi connectivity index (χ0n) is 21.9. The van der Waals surface area contributed by atoms with Crippen LogP contribution in [0.4, 0.5) is 14.9 Å². The number of sulfonamides is 1. The molecule has 1 atom stereocenters. The second-order valence-corrected chi connectivity index (χ2v) is 12.4. The first-order valence-corrected chi connectivity index (χ1v) is 13.8. The number of ether oxygens (including phenoxy) is 2. The second kappa shape index (κ2) is 11.5. The molecule has 1 amide bonds. The van der Waals surface area contributed by atoms with Crippen LogP contribution in [0.5, 0.6) is 0 Å². The van der Waals surface area contributed by atoms with Crippen molar-refractivity contribution in [1.29, 1.82) is 0 Å². The molecule has 1 aliphatic heterocycles. The number of hydrogen-bond acceptors (Lipinski definition) is 6. The fraction of sp³-hybridized carbons (Fsp3) is 0.481. The first-order valence-electron chi connectivity index (χ1n) is 12.3. The number of piperidine rings is 1. The summed E-state index contributed by atoms with van der Waals surface area (Å²) in [7, 11) is -2.62. The van der Waals surface area contributed by atoms with Crippen molar-refractivity contribution < 1.29 is 31.9 Å². The summed E-state index contributed by atoms with van der Waals surface area (Å²) in [6, 6.07) is 11.1. The summed E-state index contributed by atoms with van der Waals surface area (Å²) in [5, 5.41) is -0.924. The van der Waals surface area contributed by atoms with Gasteiger partial charge in [0.15, 0.2) is 0 Å². The van der Waals surface area contributed by atoms with Crippen LogP contribution in [0.15, 0.2) is 42.5 Å². The van der Waals surface area contributed by atoms with E-state index < -0.39 is 32.7 Å². The van der Waals surface area contributed by atoms with Gasteiger partial charge in [0.1, 0.15) is 11.4 Å². The summed E-state index contributed by atoms with van der Waals surface area (Å²) in [6.07, 6.45) is 1.10. The Hall–Kier alpha value is -3.14. The zero-order chi connectivity index (χ0) is 27.4. The van der Waals surface area contributed by atoms with Crippen LogP contribution in [-0.2, 0) is 25.9 Å². The van der Waals surface area contributed by atoms with Crippen LogP contribution in [0.3, 0.4) is 0 Å². The number of methoxy groups -OCH3 is 1. The predicted molar refractivity (Wildman–Crippen MR) is 140 cm³/mol. The summed E-state index contributed by atoms with van der Waals surface area (Å²) in [5.74, 6) is -1.14. The molecule has 0 bridgehead atoms. The summed E-state index contributed by atoms with van der Waals surface area (Å²) in [5.41, 5.74) is 1.12. The van der Waals surface area contributed by atoms with Gasteiger partial charge < -0.3 is 14.4 Å². The summed E-state index contributed by atoms with van der Waals surface area (Å²) < 4.78 is 53.1. The number of anilines is 1. The van der Waals surface area contributed by atoms with Gasteiger partial charge in [-0.1, -0.05) is 18.2 Å². The third-order valence-electron chi connectivity index (χ3n) is 6.28.